The lowest BCUT2D eigenvalue weighted by molar-refractivity contribution is 0.168. The number of ether oxygens (including phenoxy) is 1. The number of aromatic nitrogens is 2. The minimum atomic E-state index is -0.536. The topological polar surface area (TPSA) is 79.4 Å². The molecule has 1 fully saturated rings. The molecule has 1 aromatic carbocycles. The Balaban J connectivity index is 1.57. The van der Waals surface area contributed by atoms with E-state index in [-0.39, 0.29) is 0 Å². The van der Waals surface area contributed by atoms with Gasteiger partial charge in [-0.15, -0.1) is 10.2 Å². The zero-order chi connectivity index (χ0) is 17.5. The van der Waals surface area contributed by atoms with Crippen molar-refractivity contribution in [1.82, 2.24) is 10.2 Å². The predicted octanol–water partition coefficient (Wildman–Crippen LogP) is 3.78. The summed E-state index contributed by atoms with van der Waals surface area (Å²) in [4.78, 5) is 13.7. The van der Waals surface area contributed by atoms with Gasteiger partial charge in [0.25, 0.3) is 0 Å². The third kappa shape index (κ3) is 4.82. The normalized spacial score (nSPS) is 14.0. The second kappa shape index (κ2) is 8.32. The van der Waals surface area contributed by atoms with E-state index in [1.807, 2.05) is 12.1 Å². The van der Waals surface area contributed by atoms with Gasteiger partial charge in [-0.25, -0.2) is 4.79 Å². The van der Waals surface area contributed by atoms with Crippen LogP contribution in [-0.2, 0) is 4.74 Å². The number of hydrogen-bond acceptors (Lipinski definition) is 6. The molecule has 0 saturated carbocycles. The van der Waals surface area contributed by atoms with E-state index >= 15 is 0 Å². The summed E-state index contributed by atoms with van der Waals surface area (Å²) in [6.45, 7) is 4.32. The van der Waals surface area contributed by atoms with Crippen molar-refractivity contribution in [1.29, 1.82) is 0 Å². The minimum absolute atomic E-state index is 0.312. The molecule has 2 heterocycles. The van der Waals surface area contributed by atoms with Crippen LogP contribution in [0.5, 0.6) is 0 Å². The zero-order valence-corrected chi connectivity index (χ0v) is 14.4. The second-order valence-electron chi connectivity index (χ2n) is 5.87. The van der Waals surface area contributed by atoms with Crippen molar-refractivity contribution in [2.45, 2.75) is 26.2 Å². The Morgan fingerprint density at radius 1 is 1.04 bits per heavy atom. The van der Waals surface area contributed by atoms with E-state index in [1.165, 1.54) is 24.9 Å². The molecule has 0 radical (unpaired) electrons. The molecule has 1 aliphatic rings. The molecular weight excluding hydrogens is 318 g/mol. The van der Waals surface area contributed by atoms with Gasteiger partial charge in [-0.1, -0.05) is 0 Å². The molecule has 0 unspecified atom stereocenters. The Morgan fingerprint density at radius 2 is 1.72 bits per heavy atom. The fourth-order valence-electron chi connectivity index (χ4n) is 2.79. The monoisotopic (exact) mass is 341 g/mol. The zero-order valence-electron chi connectivity index (χ0n) is 14.4. The van der Waals surface area contributed by atoms with Crippen molar-refractivity contribution >= 4 is 29.1 Å². The van der Waals surface area contributed by atoms with Crippen molar-refractivity contribution < 1.29 is 9.53 Å². The predicted molar refractivity (Wildman–Crippen MR) is 98.5 cm³/mol. The van der Waals surface area contributed by atoms with Gasteiger partial charge < -0.3 is 15.0 Å². The van der Waals surface area contributed by atoms with Crippen LogP contribution in [0.15, 0.2) is 36.4 Å². The van der Waals surface area contributed by atoms with Crippen molar-refractivity contribution in [3.8, 4) is 0 Å². The lowest BCUT2D eigenvalue weighted by Crippen LogP contribution is -2.29. The summed E-state index contributed by atoms with van der Waals surface area (Å²) >= 11 is 0. The molecule has 3 rings (SSSR count). The number of carbonyl (C=O) groups excluding carboxylic acids is 1. The molecule has 1 aromatic heterocycles. The van der Waals surface area contributed by atoms with Gasteiger partial charge in [0, 0.05) is 24.5 Å². The van der Waals surface area contributed by atoms with Crippen LogP contribution in [-0.4, -0.2) is 36.0 Å². The average molecular weight is 341 g/mol. The van der Waals surface area contributed by atoms with Crippen molar-refractivity contribution in [2.24, 2.45) is 0 Å². The minimum Gasteiger partial charge on any atom is -0.450 e. The maximum atomic E-state index is 11.3. The standard InChI is InChI=1S/C18H23N5O2/c1-2-25-18(24)20-17-11-10-16(21-22-17)19-14-6-8-15(9-7-14)23-12-4-3-5-13-23/h6-11H,2-5,12-13H2,1H3,(H,19,21)(H,20,22,24). The Hall–Kier alpha value is -2.83. The van der Waals surface area contributed by atoms with E-state index in [9.17, 15) is 4.79 Å². The maximum absolute atomic E-state index is 11.3. The van der Waals surface area contributed by atoms with E-state index in [0.717, 1.165) is 18.8 Å². The number of piperidine rings is 1. The largest absolute Gasteiger partial charge is 0.450 e. The van der Waals surface area contributed by atoms with Crippen LogP contribution in [0, 0.1) is 0 Å². The quantitative estimate of drug-likeness (QED) is 0.861. The molecule has 1 aliphatic heterocycles. The first-order chi connectivity index (χ1) is 12.2. The van der Waals surface area contributed by atoms with E-state index in [1.54, 1.807) is 19.1 Å². The number of anilines is 4. The summed E-state index contributed by atoms with van der Waals surface area (Å²) in [5.41, 5.74) is 2.20. The molecular formula is C18H23N5O2. The van der Waals surface area contributed by atoms with Gasteiger partial charge in [0.05, 0.1) is 6.61 Å². The number of amides is 1. The van der Waals surface area contributed by atoms with E-state index in [2.05, 4.69) is 37.9 Å². The number of rotatable bonds is 5. The Labute approximate surface area is 147 Å². The van der Waals surface area contributed by atoms with Crippen molar-refractivity contribution in [2.75, 3.05) is 35.2 Å². The molecule has 2 N–H and O–H groups in total. The molecule has 1 saturated heterocycles. The van der Waals surface area contributed by atoms with Crippen LogP contribution < -0.4 is 15.5 Å². The molecule has 25 heavy (non-hydrogen) atoms. The van der Waals surface area contributed by atoms with Crippen LogP contribution >= 0.6 is 0 Å². The first kappa shape index (κ1) is 17.0. The van der Waals surface area contributed by atoms with Crippen LogP contribution in [0.2, 0.25) is 0 Å². The highest BCUT2D eigenvalue weighted by atomic mass is 16.5. The van der Waals surface area contributed by atoms with Crippen molar-refractivity contribution in [3.05, 3.63) is 36.4 Å². The molecule has 0 aliphatic carbocycles. The van der Waals surface area contributed by atoms with Gasteiger partial charge >= 0.3 is 6.09 Å². The molecule has 0 spiro atoms. The first-order valence-corrected chi connectivity index (χ1v) is 8.64. The molecule has 1 amide bonds. The maximum Gasteiger partial charge on any atom is 0.412 e. The Morgan fingerprint density at radius 3 is 2.36 bits per heavy atom. The smallest absolute Gasteiger partial charge is 0.412 e. The molecule has 0 atom stereocenters. The Kier molecular flexibility index (Phi) is 5.66. The third-order valence-corrected chi connectivity index (χ3v) is 4.03. The summed E-state index contributed by atoms with van der Waals surface area (Å²) in [6.07, 6.45) is 3.32. The summed E-state index contributed by atoms with van der Waals surface area (Å²) in [7, 11) is 0. The van der Waals surface area contributed by atoms with E-state index in [4.69, 9.17) is 4.74 Å². The highest BCUT2D eigenvalue weighted by Crippen LogP contribution is 2.23. The number of nitrogens with one attached hydrogen (secondary N) is 2. The highest BCUT2D eigenvalue weighted by Gasteiger charge is 2.10. The average Bonchev–Trinajstić information content (AvgIpc) is 2.65. The third-order valence-electron chi connectivity index (χ3n) is 4.03. The summed E-state index contributed by atoms with van der Waals surface area (Å²) in [5.74, 6) is 0.963. The number of carbonyl (C=O) groups is 1. The fourth-order valence-corrected chi connectivity index (χ4v) is 2.79. The number of nitrogens with zero attached hydrogens (tertiary/aromatic N) is 3. The molecule has 132 valence electrons. The van der Waals surface area contributed by atoms with Gasteiger partial charge in [-0.2, -0.15) is 0 Å². The number of hydrogen-bond donors (Lipinski definition) is 2. The second-order valence-corrected chi connectivity index (χ2v) is 5.87. The van der Waals surface area contributed by atoms with Gasteiger partial charge in [-0.3, -0.25) is 5.32 Å². The van der Waals surface area contributed by atoms with E-state index < -0.39 is 6.09 Å². The first-order valence-electron chi connectivity index (χ1n) is 8.64. The van der Waals surface area contributed by atoms with Crippen LogP contribution in [0.25, 0.3) is 0 Å². The SMILES string of the molecule is CCOC(=O)Nc1ccc(Nc2ccc(N3CCCCC3)cc2)nn1. The van der Waals surface area contributed by atoms with Crippen molar-refractivity contribution in [3.63, 3.8) is 0 Å². The van der Waals surface area contributed by atoms with Gasteiger partial charge in [0.2, 0.25) is 0 Å². The van der Waals surface area contributed by atoms with Crippen LogP contribution in [0.3, 0.4) is 0 Å². The summed E-state index contributed by atoms with van der Waals surface area (Å²) < 4.78 is 4.80. The van der Waals surface area contributed by atoms with Crippen LogP contribution in [0.1, 0.15) is 26.2 Å². The molecule has 2 aromatic rings. The van der Waals surface area contributed by atoms with E-state index in [0.29, 0.717) is 18.2 Å². The van der Waals surface area contributed by atoms with Gasteiger partial charge in [-0.05, 0) is 62.6 Å². The lowest BCUT2D eigenvalue weighted by atomic mass is 10.1. The Bertz CT molecular complexity index is 682. The molecule has 0 bridgehead atoms. The highest BCUT2D eigenvalue weighted by molar-refractivity contribution is 5.83. The molecule has 7 nitrogen and oxygen atoms in total. The fraction of sp³-hybridized carbons (Fsp3) is 0.389. The number of benzene rings is 1. The van der Waals surface area contributed by atoms with Crippen LogP contribution in [0.4, 0.5) is 27.8 Å². The summed E-state index contributed by atoms with van der Waals surface area (Å²) in [6, 6.07) is 11.8. The lowest BCUT2D eigenvalue weighted by Gasteiger charge is -2.28. The molecule has 7 heteroatoms. The van der Waals surface area contributed by atoms with Gasteiger partial charge in [0.15, 0.2) is 11.6 Å². The van der Waals surface area contributed by atoms with Gasteiger partial charge in [0.1, 0.15) is 0 Å². The summed E-state index contributed by atoms with van der Waals surface area (Å²) in [5, 5.41) is 13.7.